The van der Waals surface area contributed by atoms with E-state index in [9.17, 15) is 14.7 Å². The zero-order chi connectivity index (χ0) is 28.5. The lowest BCUT2D eigenvalue weighted by Gasteiger charge is -2.29. The molecule has 1 atom stereocenters. The van der Waals surface area contributed by atoms with Crippen molar-refractivity contribution in [2.24, 2.45) is 0 Å². The molecule has 0 aliphatic carbocycles. The first-order valence-electron chi connectivity index (χ1n) is 14.2. The van der Waals surface area contributed by atoms with Crippen molar-refractivity contribution < 1.29 is 33.6 Å². The minimum absolute atomic E-state index is 0.0604. The molecule has 2 aliphatic heterocycles. The zero-order valence-electron chi connectivity index (χ0n) is 23.7. The predicted octanol–water partition coefficient (Wildman–Crippen LogP) is 4.42. The third-order valence-electron chi connectivity index (χ3n) is 7.00. The van der Waals surface area contributed by atoms with Gasteiger partial charge in [0, 0.05) is 31.7 Å². The summed E-state index contributed by atoms with van der Waals surface area (Å²) < 4.78 is 22.7. The van der Waals surface area contributed by atoms with Gasteiger partial charge in [-0.3, -0.25) is 14.5 Å². The van der Waals surface area contributed by atoms with Crippen molar-refractivity contribution in [3.05, 3.63) is 59.2 Å². The number of carbonyl (C=O) groups is 2. The summed E-state index contributed by atoms with van der Waals surface area (Å²) in [5, 5.41) is 11.4. The van der Waals surface area contributed by atoms with Crippen LogP contribution < -0.4 is 14.2 Å². The quantitative estimate of drug-likeness (QED) is 0.222. The fourth-order valence-corrected chi connectivity index (χ4v) is 5.07. The Bertz CT molecular complexity index is 1190. The van der Waals surface area contributed by atoms with Crippen LogP contribution in [0.1, 0.15) is 50.8 Å². The van der Waals surface area contributed by atoms with Gasteiger partial charge in [-0.05, 0) is 68.7 Å². The number of benzene rings is 2. The van der Waals surface area contributed by atoms with E-state index in [4.69, 9.17) is 18.9 Å². The van der Waals surface area contributed by atoms with Crippen LogP contribution in [0.2, 0.25) is 0 Å². The zero-order valence-corrected chi connectivity index (χ0v) is 23.7. The fourth-order valence-electron chi connectivity index (χ4n) is 5.07. The molecule has 9 nitrogen and oxygen atoms in total. The minimum Gasteiger partial charge on any atom is -0.507 e. The number of likely N-dealkylation sites (tertiary alicyclic amines) is 1. The van der Waals surface area contributed by atoms with Crippen molar-refractivity contribution in [2.45, 2.75) is 39.7 Å². The number of hydrogen-bond acceptors (Lipinski definition) is 8. The second-order valence-corrected chi connectivity index (χ2v) is 9.75. The van der Waals surface area contributed by atoms with Crippen molar-refractivity contribution in [1.29, 1.82) is 0 Å². The van der Waals surface area contributed by atoms with Crippen molar-refractivity contribution in [3.8, 4) is 17.2 Å². The highest BCUT2D eigenvalue weighted by molar-refractivity contribution is 6.46. The summed E-state index contributed by atoms with van der Waals surface area (Å²) in [6, 6.07) is 11.6. The topological polar surface area (TPSA) is 97.8 Å². The van der Waals surface area contributed by atoms with Crippen molar-refractivity contribution in [3.63, 3.8) is 0 Å². The molecule has 0 spiro atoms. The van der Waals surface area contributed by atoms with E-state index in [1.807, 2.05) is 26.8 Å². The van der Waals surface area contributed by atoms with Gasteiger partial charge in [-0.2, -0.15) is 0 Å². The Morgan fingerprint density at radius 1 is 0.925 bits per heavy atom. The Labute approximate surface area is 236 Å². The lowest BCUT2D eigenvalue weighted by Crippen LogP contribution is -2.39. The monoisotopic (exact) mass is 552 g/mol. The van der Waals surface area contributed by atoms with E-state index >= 15 is 0 Å². The SMILES string of the molecule is CCCOc1ccc(/C(O)=C2\C(=O)C(=O)N(CCCN3CCOCC3)C2c2ccc(OCC)c(OCC)c2)cc1. The third kappa shape index (κ3) is 6.77. The van der Waals surface area contributed by atoms with Crippen LogP contribution in [-0.4, -0.2) is 85.8 Å². The molecule has 2 saturated heterocycles. The van der Waals surface area contributed by atoms with Crippen molar-refractivity contribution in [1.82, 2.24) is 9.80 Å². The molecule has 9 heteroatoms. The molecule has 1 amide bonds. The summed E-state index contributed by atoms with van der Waals surface area (Å²) >= 11 is 0. The Kier molecular flexibility index (Phi) is 10.4. The van der Waals surface area contributed by atoms with Gasteiger partial charge >= 0.3 is 0 Å². The Hall–Kier alpha value is -3.56. The molecule has 2 aromatic rings. The molecule has 2 heterocycles. The van der Waals surface area contributed by atoms with Crippen LogP contribution in [0.3, 0.4) is 0 Å². The molecule has 0 saturated carbocycles. The molecular weight excluding hydrogens is 512 g/mol. The van der Waals surface area contributed by atoms with Gasteiger partial charge in [-0.15, -0.1) is 0 Å². The van der Waals surface area contributed by atoms with Crippen LogP contribution in [-0.2, 0) is 14.3 Å². The van der Waals surface area contributed by atoms with Crippen LogP contribution in [0.15, 0.2) is 48.0 Å². The summed E-state index contributed by atoms with van der Waals surface area (Å²) in [6.45, 7) is 11.5. The number of amides is 1. The van der Waals surface area contributed by atoms with Crippen LogP contribution in [0.4, 0.5) is 0 Å². The van der Waals surface area contributed by atoms with Gasteiger partial charge in [0.2, 0.25) is 0 Å². The Morgan fingerprint density at radius 2 is 1.62 bits per heavy atom. The van der Waals surface area contributed by atoms with Gasteiger partial charge in [-0.1, -0.05) is 13.0 Å². The van der Waals surface area contributed by atoms with E-state index in [-0.39, 0.29) is 11.3 Å². The Morgan fingerprint density at radius 3 is 2.30 bits per heavy atom. The van der Waals surface area contributed by atoms with Crippen LogP contribution in [0.25, 0.3) is 5.76 Å². The molecule has 1 unspecified atom stereocenters. The van der Waals surface area contributed by atoms with Crippen molar-refractivity contribution >= 4 is 17.4 Å². The lowest BCUT2D eigenvalue weighted by atomic mass is 9.95. The molecule has 0 aromatic heterocycles. The average molecular weight is 553 g/mol. The number of aliphatic hydroxyl groups is 1. The normalized spacial score (nSPS) is 19.2. The summed E-state index contributed by atoms with van der Waals surface area (Å²) in [5.41, 5.74) is 1.17. The number of hydrogen-bond donors (Lipinski definition) is 1. The Balaban J connectivity index is 1.70. The highest BCUT2D eigenvalue weighted by atomic mass is 16.5. The molecule has 2 fully saturated rings. The number of ketones is 1. The predicted molar refractivity (Wildman–Crippen MR) is 152 cm³/mol. The van der Waals surface area contributed by atoms with Crippen LogP contribution in [0.5, 0.6) is 17.2 Å². The third-order valence-corrected chi connectivity index (χ3v) is 7.00. The summed E-state index contributed by atoms with van der Waals surface area (Å²) in [5.74, 6) is 0.243. The van der Waals surface area contributed by atoms with Gasteiger partial charge in [0.15, 0.2) is 11.5 Å². The number of rotatable bonds is 13. The average Bonchev–Trinajstić information content (AvgIpc) is 3.23. The van der Waals surface area contributed by atoms with E-state index in [1.54, 1.807) is 41.3 Å². The lowest BCUT2D eigenvalue weighted by molar-refractivity contribution is -0.140. The van der Waals surface area contributed by atoms with Gasteiger partial charge in [0.05, 0.1) is 44.6 Å². The molecule has 2 aromatic carbocycles. The first kappa shape index (κ1) is 29.4. The number of ether oxygens (including phenoxy) is 4. The van der Waals surface area contributed by atoms with Gasteiger partial charge < -0.3 is 29.0 Å². The van der Waals surface area contributed by atoms with Gasteiger partial charge in [0.25, 0.3) is 11.7 Å². The van der Waals surface area contributed by atoms with E-state index in [2.05, 4.69) is 4.90 Å². The highest BCUT2D eigenvalue weighted by Gasteiger charge is 2.46. The maximum absolute atomic E-state index is 13.5. The van der Waals surface area contributed by atoms with E-state index in [1.165, 1.54) is 0 Å². The minimum atomic E-state index is -0.768. The number of Topliss-reactive ketones (excluding diaryl/α,β-unsaturated/α-hetero) is 1. The second-order valence-electron chi connectivity index (χ2n) is 9.75. The molecule has 216 valence electrons. The fraction of sp³-hybridized carbons (Fsp3) is 0.484. The van der Waals surface area contributed by atoms with Crippen molar-refractivity contribution in [2.75, 3.05) is 59.2 Å². The van der Waals surface area contributed by atoms with Crippen LogP contribution >= 0.6 is 0 Å². The molecular formula is C31H40N2O7. The molecule has 40 heavy (non-hydrogen) atoms. The number of nitrogens with zero attached hydrogens (tertiary/aromatic N) is 2. The number of carbonyl (C=O) groups excluding carboxylic acids is 2. The number of aliphatic hydroxyl groups excluding tert-OH is 1. The maximum atomic E-state index is 13.5. The summed E-state index contributed by atoms with van der Waals surface area (Å²) in [4.78, 5) is 30.7. The van der Waals surface area contributed by atoms with E-state index < -0.39 is 17.7 Å². The first-order chi connectivity index (χ1) is 19.5. The van der Waals surface area contributed by atoms with Crippen LogP contribution in [0, 0.1) is 0 Å². The molecule has 2 aliphatic rings. The highest BCUT2D eigenvalue weighted by Crippen LogP contribution is 2.42. The molecule has 0 radical (unpaired) electrons. The molecule has 0 bridgehead atoms. The first-order valence-corrected chi connectivity index (χ1v) is 14.2. The smallest absolute Gasteiger partial charge is 0.295 e. The number of morpholine rings is 1. The van der Waals surface area contributed by atoms with Gasteiger partial charge in [-0.25, -0.2) is 0 Å². The summed E-state index contributed by atoms with van der Waals surface area (Å²) in [6.07, 6.45) is 1.56. The van der Waals surface area contributed by atoms with Gasteiger partial charge in [0.1, 0.15) is 11.5 Å². The largest absolute Gasteiger partial charge is 0.507 e. The second kappa shape index (κ2) is 14.2. The summed E-state index contributed by atoms with van der Waals surface area (Å²) in [7, 11) is 0. The van der Waals surface area contributed by atoms with E-state index in [0.717, 1.165) is 26.1 Å². The maximum Gasteiger partial charge on any atom is 0.295 e. The molecule has 4 rings (SSSR count). The van der Waals surface area contributed by atoms with E-state index in [0.29, 0.717) is 74.4 Å². The molecule has 1 N–H and O–H groups in total. The standard InChI is InChI=1S/C31H40N2O7/c1-4-18-40-24-11-8-22(9-12-24)29(34)27-28(23-10-13-25(38-5-2)26(21-23)39-6-3)33(31(36)30(27)35)15-7-14-32-16-19-37-20-17-32/h8-13,21,28,34H,4-7,14-20H2,1-3H3/b29-27+.